The summed E-state index contributed by atoms with van der Waals surface area (Å²) in [5, 5.41) is 0. The summed E-state index contributed by atoms with van der Waals surface area (Å²) in [6, 6.07) is 9.04. The lowest BCUT2D eigenvalue weighted by Gasteiger charge is -2.37. The van der Waals surface area contributed by atoms with Crippen molar-refractivity contribution in [3.8, 4) is 11.8 Å². The molecule has 0 N–H and O–H groups in total. The first-order valence-corrected chi connectivity index (χ1v) is 12.9. The third-order valence-electron chi connectivity index (χ3n) is 7.74. The Morgan fingerprint density at radius 2 is 1.34 bits per heavy atom. The van der Waals surface area contributed by atoms with Crippen LogP contribution in [0.2, 0.25) is 0 Å². The second kappa shape index (κ2) is 12.5. The van der Waals surface area contributed by atoms with Gasteiger partial charge in [-0.2, -0.15) is 0 Å². The molecule has 2 aliphatic carbocycles. The fraction of sp³-hybridized carbons (Fsp3) is 0.724. The van der Waals surface area contributed by atoms with Gasteiger partial charge in [0.05, 0.1) is 0 Å². The molecule has 2 aliphatic rings. The number of hydrogen-bond donors (Lipinski definition) is 0. The molecule has 160 valence electrons. The van der Waals surface area contributed by atoms with Gasteiger partial charge in [0.1, 0.15) is 0 Å². The largest absolute Gasteiger partial charge is 0.0945 e. The number of rotatable bonds is 8. The third kappa shape index (κ3) is 7.51. The Hall–Kier alpha value is -1.22. The maximum absolute atomic E-state index is 3.61. The minimum absolute atomic E-state index is 0.636. The van der Waals surface area contributed by atoms with Crippen molar-refractivity contribution in [1.29, 1.82) is 0 Å². The molecule has 0 aromatic heterocycles. The fourth-order valence-electron chi connectivity index (χ4n) is 5.70. The van der Waals surface area contributed by atoms with Crippen molar-refractivity contribution in [2.75, 3.05) is 0 Å². The van der Waals surface area contributed by atoms with Crippen molar-refractivity contribution < 1.29 is 0 Å². The molecule has 0 aliphatic heterocycles. The molecule has 0 nitrogen and oxygen atoms in total. The molecule has 0 spiro atoms. The van der Waals surface area contributed by atoms with Gasteiger partial charge in [0.15, 0.2) is 0 Å². The summed E-state index contributed by atoms with van der Waals surface area (Å²) in [4.78, 5) is 0. The summed E-state index contributed by atoms with van der Waals surface area (Å²) in [6.45, 7) is 4.60. The van der Waals surface area contributed by atoms with E-state index in [4.69, 9.17) is 0 Å². The Morgan fingerprint density at radius 3 is 1.97 bits per heavy atom. The standard InChI is InChI=1S/C29H44/c1-3-5-7-9-25-10-12-26(13-11-25)14-15-27-18-22-29(23-19-27)28-20-16-24(17-21-28)8-6-4-2/h10-13,24,27-29H,3-9,16-23H2,1-2H3/t24-,27?,28-,29?. The molecule has 29 heavy (non-hydrogen) atoms. The zero-order chi connectivity index (χ0) is 20.3. The SMILES string of the molecule is CCCCCc1ccc(C#CC2CCC([C@H]3CC[C@H](CCCC)CC3)CC2)cc1. The van der Waals surface area contributed by atoms with Gasteiger partial charge in [-0.05, 0) is 86.8 Å². The number of hydrogen-bond acceptors (Lipinski definition) is 0. The van der Waals surface area contributed by atoms with Gasteiger partial charge in [-0.3, -0.25) is 0 Å². The summed E-state index contributed by atoms with van der Waals surface area (Å²) in [6.07, 6.45) is 21.1. The van der Waals surface area contributed by atoms with Crippen LogP contribution in [0.25, 0.3) is 0 Å². The highest BCUT2D eigenvalue weighted by Gasteiger charge is 2.30. The van der Waals surface area contributed by atoms with Crippen molar-refractivity contribution in [3.63, 3.8) is 0 Å². The van der Waals surface area contributed by atoms with Crippen molar-refractivity contribution >= 4 is 0 Å². The maximum Gasteiger partial charge on any atom is 0.0245 e. The van der Waals surface area contributed by atoms with E-state index in [1.165, 1.54) is 107 Å². The summed E-state index contributed by atoms with van der Waals surface area (Å²) in [5.74, 6) is 10.8. The summed E-state index contributed by atoms with van der Waals surface area (Å²) in [7, 11) is 0. The molecule has 0 heteroatoms. The van der Waals surface area contributed by atoms with Gasteiger partial charge in [-0.15, -0.1) is 0 Å². The lowest BCUT2D eigenvalue weighted by molar-refractivity contribution is 0.153. The first-order valence-electron chi connectivity index (χ1n) is 12.9. The third-order valence-corrected chi connectivity index (χ3v) is 7.74. The Balaban J connectivity index is 1.38. The van der Waals surface area contributed by atoms with Crippen molar-refractivity contribution in [3.05, 3.63) is 35.4 Å². The average molecular weight is 393 g/mol. The number of aryl methyl sites for hydroxylation is 1. The Kier molecular flexibility index (Phi) is 9.66. The molecule has 0 unspecified atom stereocenters. The van der Waals surface area contributed by atoms with E-state index in [1.807, 2.05) is 0 Å². The van der Waals surface area contributed by atoms with Crippen molar-refractivity contribution in [1.82, 2.24) is 0 Å². The van der Waals surface area contributed by atoms with Gasteiger partial charge in [0.25, 0.3) is 0 Å². The molecular weight excluding hydrogens is 348 g/mol. The first kappa shape index (κ1) is 22.5. The molecule has 0 radical (unpaired) electrons. The topological polar surface area (TPSA) is 0 Å². The van der Waals surface area contributed by atoms with Crippen LogP contribution < -0.4 is 0 Å². The second-order valence-corrected chi connectivity index (χ2v) is 9.96. The minimum atomic E-state index is 0.636. The molecule has 0 bridgehead atoms. The van der Waals surface area contributed by atoms with E-state index in [2.05, 4.69) is 50.0 Å². The molecule has 2 fully saturated rings. The van der Waals surface area contributed by atoms with Gasteiger partial charge in [-0.1, -0.05) is 82.8 Å². The van der Waals surface area contributed by atoms with E-state index in [0.717, 1.165) is 17.8 Å². The van der Waals surface area contributed by atoms with Gasteiger partial charge in [0.2, 0.25) is 0 Å². The number of unbranched alkanes of at least 4 members (excludes halogenated alkanes) is 3. The van der Waals surface area contributed by atoms with E-state index < -0.39 is 0 Å². The molecule has 0 heterocycles. The Labute approximate surface area is 181 Å². The lowest BCUT2D eigenvalue weighted by Crippen LogP contribution is -2.25. The predicted octanol–water partition coefficient (Wildman–Crippen LogP) is 8.57. The normalized spacial score (nSPS) is 27.2. The highest BCUT2D eigenvalue weighted by atomic mass is 14.3. The molecular formula is C29H44. The second-order valence-electron chi connectivity index (χ2n) is 9.96. The predicted molar refractivity (Wildman–Crippen MR) is 127 cm³/mol. The van der Waals surface area contributed by atoms with E-state index in [9.17, 15) is 0 Å². The molecule has 2 saturated carbocycles. The Morgan fingerprint density at radius 1 is 0.724 bits per heavy atom. The number of benzene rings is 1. The van der Waals surface area contributed by atoms with Gasteiger partial charge >= 0.3 is 0 Å². The van der Waals surface area contributed by atoms with Crippen LogP contribution in [0.1, 0.15) is 115 Å². The maximum atomic E-state index is 3.61. The minimum Gasteiger partial charge on any atom is -0.0945 e. The van der Waals surface area contributed by atoms with Crippen LogP contribution in [0, 0.1) is 35.5 Å². The molecule has 0 saturated heterocycles. The Bertz CT molecular complexity index is 612. The smallest absolute Gasteiger partial charge is 0.0245 e. The van der Waals surface area contributed by atoms with E-state index in [0.29, 0.717) is 5.92 Å². The van der Waals surface area contributed by atoms with Crippen LogP contribution in [0.5, 0.6) is 0 Å². The lowest BCUT2D eigenvalue weighted by atomic mass is 9.69. The van der Waals surface area contributed by atoms with Gasteiger partial charge < -0.3 is 0 Å². The van der Waals surface area contributed by atoms with Crippen molar-refractivity contribution in [2.45, 2.75) is 110 Å². The van der Waals surface area contributed by atoms with E-state index >= 15 is 0 Å². The summed E-state index contributed by atoms with van der Waals surface area (Å²) >= 11 is 0. The summed E-state index contributed by atoms with van der Waals surface area (Å²) in [5.41, 5.74) is 2.67. The highest BCUT2D eigenvalue weighted by Crippen LogP contribution is 2.42. The van der Waals surface area contributed by atoms with E-state index in [-0.39, 0.29) is 0 Å². The van der Waals surface area contributed by atoms with Gasteiger partial charge in [-0.25, -0.2) is 0 Å². The zero-order valence-electron chi connectivity index (χ0n) is 19.2. The average Bonchev–Trinajstić information content (AvgIpc) is 2.78. The van der Waals surface area contributed by atoms with Crippen LogP contribution in [-0.2, 0) is 6.42 Å². The highest BCUT2D eigenvalue weighted by molar-refractivity contribution is 5.36. The monoisotopic (exact) mass is 392 g/mol. The van der Waals surface area contributed by atoms with Crippen LogP contribution in [0.3, 0.4) is 0 Å². The van der Waals surface area contributed by atoms with E-state index in [1.54, 1.807) is 0 Å². The zero-order valence-corrected chi connectivity index (χ0v) is 19.2. The fourth-order valence-corrected chi connectivity index (χ4v) is 5.70. The van der Waals surface area contributed by atoms with Crippen LogP contribution in [0.15, 0.2) is 24.3 Å². The molecule has 0 atom stereocenters. The first-order chi connectivity index (χ1) is 14.3. The van der Waals surface area contributed by atoms with Crippen LogP contribution in [0.4, 0.5) is 0 Å². The van der Waals surface area contributed by atoms with Gasteiger partial charge in [0, 0.05) is 11.5 Å². The van der Waals surface area contributed by atoms with Crippen LogP contribution >= 0.6 is 0 Å². The molecule has 0 amide bonds. The quantitative estimate of drug-likeness (QED) is 0.307. The molecule has 1 aromatic rings. The van der Waals surface area contributed by atoms with Crippen LogP contribution in [-0.4, -0.2) is 0 Å². The van der Waals surface area contributed by atoms with Crippen molar-refractivity contribution in [2.24, 2.45) is 23.7 Å². The molecule has 1 aromatic carbocycles. The molecule has 3 rings (SSSR count). The summed E-state index contributed by atoms with van der Waals surface area (Å²) < 4.78 is 0.